The Morgan fingerprint density at radius 2 is 1.80 bits per heavy atom. The van der Waals surface area contributed by atoms with E-state index in [1.807, 2.05) is 40.7 Å². The Morgan fingerprint density at radius 1 is 1.13 bits per heavy atom. The molecule has 0 spiro atoms. The molecule has 8 nitrogen and oxygen atoms in total. The van der Waals surface area contributed by atoms with Crippen molar-refractivity contribution in [2.45, 2.75) is 54.0 Å². The van der Waals surface area contributed by atoms with Gasteiger partial charge in [-0.15, -0.1) is 11.3 Å². The third-order valence-electron chi connectivity index (χ3n) is 4.46. The Morgan fingerprint density at radius 3 is 2.33 bits per heavy atom. The smallest absolute Gasteiger partial charge is 0.330 e. The third-order valence-corrected chi connectivity index (χ3v) is 5.50. The van der Waals surface area contributed by atoms with Gasteiger partial charge in [0.05, 0.1) is 4.88 Å². The number of aryl methyl sites for hydroxylation is 1. The lowest BCUT2D eigenvalue weighted by atomic mass is 10.1. The molecule has 0 bridgehead atoms. The first-order chi connectivity index (χ1) is 14.0. The van der Waals surface area contributed by atoms with Gasteiger partial charge in [-0.25, -0.2) is 4.79 Å². The van der Waals surface area contributed by atoms with E-state index in [0.717, 1.165) is 4.88 Å². The molecule has 0 aromatic carbocycles. The molecule has 2 heterocycles. The summed E-state index contributed by atoms with van der Waals surface area (Å²) in [6, 6.07) is 3.62. The van der Waals surface area contributed by atoms with Gasteiger partial charge in [0.15, 0.2) is 11.5 Å². The number of hydrogen-bond acceptors (Lipinski definition) is 6. The highest BCUT2D eigenvalue weighted by atomic mass is 32.1. The zero-order chi connectivity index (χ0) is 22.6. The number of nitrogens with zero attached hydrogens (tertiary/aromatic N) is 2. The summed E-state index contributed by atoms with van der Waals surface area (Å²) in [5, 5.41) is 0. The van der Waals surface area contributed by atoms with Crippen LogP contribution in [-0.4, -0.2) is 27.8 Å². The second-order valence-corrected chi connectivity index (χ2v) is 9.52. The van der Waals surface area contributed by atoms with Crippen LogP contribution in [0.5, 0.6) is 0 Å². The molecule has 1 amide bonds. The number of ketones is 1. The van der Waals surface area contributed by atoms with Crippen LogP contribution in [0.4, 0.5) is 11.5 Å². The molecule has 3 N–H and O–H groups in total. The molecule has 2 aromatic rings. The number of carbonyl (C=O) groups is 2. The molecule has 0 aliphatic heterocycles. The number of rotatable bonds is 9. The fraction of sp³-hybridized carbons (Fsp3) is 0.524. The zero-order valence-corrected chi connectivity index (χ0v) is 19.0. The van der Waals surface area contributed by atoms with Crippen LogP contribution in [-0.2, 0) is 11.3 Å². The number of amides is 1. The van der Waals surface area contributed by atoms with Crippen molar-refractivity contribution < 1.29 is 9.59 Å². The number of H-pyrrole nitrogens is 1. The van der Waals surface area contributed by atoms with Gasteiger partial charge in [-0.1, -0.05) is 27.7 Å². The van der Waals surface area contributed by atoms with Gasteiger partial charge in [0.1, 0.15) is 5.82 Å². The van der Waals surface area contributed by atoms with Crippen molar-refractivity contribution in [1.82, 2.24) is 9.55 Å². The summed E-state index contributed by atoms with van der Waals surface area (Å²) < 4.78 is 1.28. The molecule has 0 saturated heterocycles. The van der Waals surface area contributed by atoms with Crippen molar-refractivity contribution in [3.8, 4) is 0 Å². The van der Waals surface area contributed by atoms with Crippen LogP contribution in [0.3, 0.4) is 0 Å². The van der Waals surface area contributed by atoms with E-state index in [0.29, 0.717) is 11.4 Å². The minimum atomic E-state index is -0.702. The van der Waals surface area contributed by atoms with Crippen molar-refractivity contribution in [2.75, 3.05) is 17.2 Å². The average Bonchev–Trinajstić information content (AvgIpc) is 3.08. The maximum Gasteiger partial charge on any atom is 0.330 e. The Hall–Kier alpha value is -2.68. The fourth-order valence-corrected chi connectivity index (χ4v) is 3.97. The van der Waals surface area contributed by atoms with Crippen LogP contribution in [0.2, 0.25) is 0 Å². The van der Waals surface area contributed by atoms with Crippen LogP contribution in [0, 0.1) is 18.8 Å². The summed E-state index contributed by atoms with van der Waals surface area (Å²) in [7, 11) is 0. The Kier molecular flexibility index (Phi) is 7.77. The number of nitrogens with one attached hydrogen (secondary N) is 1. The van der Waals surface area contributed by atoms with E-state index in [2.05, 4.69) is 4.98 Å². The van der Waals surface area contributed by atoms with E-state index in [9.17, 15) is 19.2 Å². The Bertz CT molecular complexity index is 1030. The van der Waals surface area contributed by atoms with E-state index in [-0.39, 0.29) is 54.4 Å². The van der Waals surface area contributed by atoms with Crippen molar-refractivity contribution in [3.05, 3.63) is 42.7 Å². The molecule has 9 heteroatoms. The summed E-state index contributed by atoms with van der Waals surface area (Å²) in [5.74, 6) is -0.361. The summed E-state index contributed by atoms with van der Waals surface area (Å²) >= 11 is 1.39. The molecule has 2 aromatic heterocycles. The Labute approximate surface area is 179 Å². The largest absolute Gasteiger partial charge is 0.383 e. The monoisotopic (exact) mass is 434 g/mol. The lowest BCUT2D eigenvalue weighted by molar-refractivity contribution is -0.118. The van der Waals surface area contributed by atoms with Gasteiger partial charge in [0, 0.05) is 30.8 Å². The van der Waals surface area contributed by atoms with Crippen LogP contribution in [0.25, 0.3) is 0 Å². The molecule has 0 aliphatic carbocycles. The Balaban J connectivity index is 2.35. The van der Waals surface area contributed by atoms with Gasteiger partial charge >= 0.3 is 5.69 Å². The number of carbonyl (C=O) groups excluding carboxylic acids is 2. The third kappa shape index (κ3) is 5.69. The van der Waals surface area contributed by atoms with Gasteiger partial charge in [-0.3, -0.25) is 23.9 Å². The standard InChI is InChI=1S/C21H30N4O4S/c1-12(2)10-24(17(27)9-7-15(26)16-8-6-14(5)30-16)18-19(22)25(11-13(3)4)21(29)23-20(18)28/h6,8,12-13H,7,9-11,22H2,1-5H3,(H,23,28,29). The molecular formula is C21H30N4O4S. The number of nitrogens with two attached hydrogens (primary N) is 1. The number of nitrogen functional groups attached to an aromatic ring is 1. The molecule has 0 fully saturated rings. The molecule has 0 unspecified atom stereocenters. The normalized spacial score (nSPS) is 11.3. The van der Waals surface area contributed by atoms with Crippen LogP contribution in [0.15, 0.2) is 21.7 Å². The quantitative estimate of drug-likeness (QED) is 0.588. The maximum absolute atomic E-state index is 13.0. The first kappa shape index (κ1) is 23.6. The van der Waals surface area contributed by atoms with Crippen molar-refractivity contribution in [2.24, 2.45) is 11.8 Å². The van der Waals surface area contributed by atoms with E-state index < -0.39 is 11.2 Å². The summed E-state index contributed by atoms with van der Waals surface area (Å²) in [4.78, 5) is 55.4. The van der Waals surface area contributed by atoms with Crippen molar-refractivity contribution in [3.63, 3.8) is 0 Å². The molecule has 30 heavy (non-hydrogen) atoms. The maximum atomic E-state index is 13.0. The van der Waals surface area contributed by atoms with E-state index in [4.69, 9.17) is 5.73 Å². The van der Waals surface area contributed by atoms with E-state index in [1.54, 1.807) is 6.07 Å². The summed E-state index contributed by atoms with van der Waals surface area (Å²) in [5.41, 5.74) is 4.84. The number of anilines is 2. The number of aromatic nitrogens is 2. The fourth-order valence-electron chi connectivity index (χ4n) is 3.13. The van der Waals surface area contributed by atoms with Gasteiger partial charge in [-0.05, 0) is 30.9 Å². The first-order valence-corrected chi connectivity index (χ1v) is 10.9. The first-order valence-electron chi connectivity index (χ1n) is 10.0. The number of aromatic amines is 1. The van der Waals surface area contributed by atoms with Crippen LogP contribution < -0.4 is 21.9 Å². The minimum absolute atomic E-state index is 0.0339. The molecule has 0 saturated carbocycles. The summed E-state index contributed by atoms with van der Waals surface area (Å²) in [6.07, 6.45) is -0.0124. The average molecular weight is 435 g/mol. The van der Waals surface area contributed by atoms with E-state index in [1.165, 1.54) is 20.8 Å². The molecule has 0 aliphatic rings. The van der Waals surface area contributed by atoms with Crippen LogP contribution in [0.1, 0.15) is 55.1 Å². The molecule has 164 valence electrons. The topological polar surface area (TPSA) is 118 Å². The molecular weight excluding hydrogens is 404 g/mol. The lowest BCUT2D eigenvalue weighted by Crippen LogP contribution is -2.43. The van der Waals surface area contributed by atoms with Gasteiger partial charge in [0.2, 0.25) is 5.91 Å². The second kappa shape index (κ2) is 9.88. The molecule has 2 rings (SSSR count). The number of thiophene rings is 1. The van der Waals surface area contributed by atoms with Crippen LogP contribution >= 0.6 is 11.3 Å². The highest BCUT2D eigenvalue weighted by Gasteiger charge is 2.25. The lowest BCUT2D eigenvalue weighted by Gasteiger charge is -2.26. The molecule has 0 radical (unpaired) electrons. The van der Waals surface area contributed by atoms with Gasteiger partial charge < -0.3 is 10.6 Å². The van der Waals surface area contributed by atoms with Gasteiger partial charge in [0.25, 0.3) is 5.56 Å². The van der Waals surface area contributed by atoms with E-state index >= 15 is 0 Å². The van der Waals surface area contributed by atoms with Crippen molar-refractivity contribution >= 4 is 34.5 Å². The molecule has 0 atom stereocenters. The number of Topliss-reactive ketones (excluding diaryl/α,β-unsaturated/α-hetero) is 1. The second-order valence-electron chi connectivity index (χ2n) is 8.23. The highest BCUT2D eigenvalue weighted by Crippen LogP contribution is 2.22. The predicted molar refractivity (Wildman–Crippen MR) is 120 cm³/mol. The number of hydrogen-bond donors (Lipinski definition) is 2. The highest BCUT2D eigenvalue weighted by molar-refractivity contribution is 7.14. The summed E-state index contributed by atoms with van der Waals surface area (Å²) in [6.45, 7) is 10.1. The predicted octanol–water partition coefficient (Wildman–Crippen LogP) is 2.80. The van der Waals surface area contributed by atoms with Crippen molar-refractivity contribution in [1.29, 1.82) is 0 Å². The zero-order valence-electron chi connectivity index (χ0n) is 18.2. The SMILES string of the molecule is Cc1ccc(C(=O)CCC(=O)N(CC(C)C)c2c(N)n(CC(C)C)c(=O)[nH]c2=O)s1. The minimum Gasteiger partial charge on any atom is -0.383 e. The van der Waals surface area contributed by atoms with Gasteiger partial charge in [-0.2, -0.15) is 0 Å².